The second kappa shape index (κ2) is 5.67. The number of fused-ring (bicyclic) bond motifs is 1. The Labute approximate surface area is 138 Å². The van der Waals surface area contributed by atoms with Crippen molar-refractivity contribution in [2.75, 3.05) is 32.8 Å². The Bertz CT molecular complexity index is 694. The summed E-state index contributed by atoms with van der Waals surface area (Å²) in [5.74, 6) is 1.03. The number of halogens is 1. The summed E-state index contributed by atoms with van der Waals surface area (Å²) >= 11 is 3.34. The Morgan fingerprint density at radius 3 is 2.55 bits per heavy atom. The zero-order chi connectivity index (χ0) is 16.0. The van der Waals surface area contributed by atoms with Crippen molar-refractivity contribution < 1.29 is 17.9 Å². The maximum absolute atomic E-state index is 12.9. The minimum Gasteiger partial charge on any atom is -0.486 e. The van der Waals surface area contributed by atoms with E-state index in [1.807, 2.05) is 6.92 Å². The number of hydrogen-bond donors (Lipinski definition) is 1. The van der Waals surface area contributed by atoms with Gasteiger partial charge in [0.05, 0.1) is 0 Å². The van der Waals surface area contributed by atoms with Gasteiger partial charge in [-0.05, 0) is 40.4 Å². The van der Waals surface area contributed by atoms with Gasteiger partial charge in [0.25, 0.3) is 0 Å². The molecule has 2 N–H and O–H groups in total. The number of nitrogens with two attached hydrogens (primary N) is 1. The molecule has 1 atom stereocenters. The van der Waals surface area contributed by atoms with E-state index < -0.39 is 10.0 Å². The molecule has 6 nitrogen and oxygen atoms in total. The van der Waals surface area contributed by atoms with Crippen LogP contribution in [0.5, 0.6) is 11.5 Å². The second-order valence-electron chi connectivity index (χ2n) is 6.03. The van der Waals surface area contributed by atoms with Crippen molar-refractivity contribution in [2.24, 2.45) is 11.1 Å². The Morgan fingerprint density at radius 2 is 1.95 bits per heavy atom. The van der Waals surface area contributed by atoms with Gasteiger partial charge in [-0.15, -0.1) is 0 Å². The molecule has 1 aromatic carbocycles. The fraction of sp³-hybridized carbons (Fsp3) is 0.571. The highest BCUT2D eigenvalue weighted by atomic mass is 79.9. The molecule has 0 aliphatic carbocycles. The highest BCUT2D eigenvalue weighted by Gasteiger charge is 2.40. The van der Waals surface area contributed by atoms with E-state index in [4.69, 9.17) is 15.2 Å². The van der Waals surface area contributed by atoms with Crippen LogP contribution in [0.1, 0.15) is 13.3 Å². The predicted octanol–water partition coefficient (Wildman–Crippen LogP) is 1.58. The molecular weight excluding hydrogens is 372 g/mol. The topological polar surface area (TPSA) is 81.9 Å². The van der Waals surface area contributed by atoms with Crippen molar-refractivity contribution in [2.45, 2.75) is 18.2 Å². The van der Waals surface area contributed by atoms with E-state index in [0.717, 1.165) is 6.42 Å². The molecule has 0 spiro atoms. The SMILES string of the molecule is CC1(CN)CCN(S(=O)(=O)c2cc3c(cc2Br)OCCO3)C1. The summed E-state index contributed by atoms with van der Waals surface area (Å²) < 4.78 is 38.7. The van der Waals surface area contributed by atoms with E-state index in [1.165, 1.54) is 10.4 Å². The van der Waals surface area contributed by atoms with Crippen LogP contribution >= 0.6 is 15.9 Å². The van der Waals surface area contributed by atoms with Crippen molar-refractivity contribution in [3.63, 3.8) is 0 Å². The smallest absolute Gasteiger partial charge is 0.244 e. The molecule has 0 aromatic heterocycles. The molecular formula is C14H19BrN2O4S. The predicted molar refractivity (Wildman–Crippen MR) is 85.7 cm³/mol. The van der Waals surface area contributed by atoms with Gasteiger partial charge in [0.15, 0.2) is 11.5 Å². The molecule has 1 unspecified atom stereocenters. The van der Waals surface area contributed by atoms with Crippen molar-refractivity contribution in [3.8, 4) is 11.5 Å². The largest absolute Gasteiger partial charge is 0.486 e. The number of nitrogens with zero attached hydrogens (tertiary/aromatic N) is 1. The van der Waals surface area contributed by atoms with Crippen LogP contribution in [0.15, 0.2) is 21.5 Å². The van der Waals surface area contributed by atoms with Gasteiger partial charge in [0.2, 0.25) is 10.0 Å². The summed E-state index contributed by atoms with van der Waals surface area (Å²) in [4.78, 5) is 0.207. The minimum absolute atomic E-state index is 0.159. The van der Waals surface area contributed by atoms with Crippen LogP contribution in [0, 0.1) is 5.41 Å². The number of ether oxygens (including phenoxy) is 2. The Morgan fingerprint density at radius 1 is 1.32 bits per heavy atom. The monoisotopic (exact) mass is 390 g/mol. The molecule has 8 heteroatoms. The zero-order valence-electron chi connectivity index (χ0n) is 12.3. The van der Waals surface area contributed by atoms with Gasteiger partial charge in [-0.2, -0.15) is 4.31 Å². The molecule has 0 radical (unpaired) electrons. The van der Waals surface area contributed by atoms with Gasteiger partial charge in [-0.3, -0.25) is 0 Å². The lowest BCUT2D eigenvalue weighted by Crippen LogP contribution is -2.34. The van der Waals surface area contributed by atoms with E-state index in [9.17, 15) is 8.42 Å². The highest BCUT2D eigenvalue weighted by molar-refractivity contribution is 9.10. The Hall–Kier alpha value is -0.830. The van der Waals surface area contributed by atoms with Crippen LogP contribution in [-0.4, -0.2) is 45.6 Å². The summed E-state index contributed by atoms with van der Waals surface area (Å²) in [6.07, 6.45) is 0.769. The van der Waals surface area contributed by atoms with E-state index in [2.05, 4.69) is 15.9 Å². The molecule has 122 valence electrons. The van der Waals surface area contributed by atoms with E-state index in [1.54, 1.807) is 6.07 Å². The lowest BCUT2D eigenvalue weighted by atomic mass is 9.90. The average Bonchev–Trinajstić information content (AvgIpc) is 2.90. The molecule has 1 saturated heterocycles. The van der Waals surface area contributed by atoms with Crippen LogP contribution in [-0.2, 0) is 10.0 Å². The third-order valence-corrected chi connectivity index (χ3v) is 7.03. The first-order valence-corrected chi connectivity index (χ1v) is 9.38. The number of hydrogen-bond acceptors (Lipinski definition) is 5. The van der Waals surface area contributed by atoms with Crippen LogP contribution in [0.2, 0.25) is 0 Å². The van der Waals surface area contributed by atoms with Gasteiger partial charge in [-0.1, -0.05) is 6.92 Å². The minimum atomic E-state index is -3.59. The van der Waals surface area contributed by atoms with Gasteiger partial charge in [0.1, 0.15) is 18.1 Å². The number of benzene rings is 1. The quantitative estimate of drug-likeness (QED) is 0.846. The standard InChI is InChI=1S/C14H19BrN2O4S/c1-14(8-16)2-3-17(9-14)22(18,19)13-7-12-11(6-10(13)15)20-4-5-21-12/h6-7H,2-5,8-9,16H2,1H3. The maximum atomic E-state index is 12.9. The summed E-state index contributed by atoms with van der Waals surface area (Å²) in [6, 6.07) is 3.19. The summed E-state index contributed by atoms with van der Waals surface area (Å²) in [5, 5.41) is 0. The molecule has 2 heterocycles. The first kappa shape index (κ1) is 16.0. The van der Waals surface area contributed by atoms with Gasteiger partial charge in [-0.25, -0.2) is 8.42 Å². The Kier molecular flexibility index (Phi) is 4.13. The molecule has 0 bridgehead atoms. The molecule has 3 rings (SSSR count). The lowest BCUT2D eigenvalue weighted by Gasteiger charge is -2.24. The molecule has 2 aliphatic heterocycles. The third kappa shape index (κ3) is 2.73. The summed E-state index contributed by atoms with van der Waals surface area (Å²) in [5.41, 5.74) is 5.61. The molecule has 1 fully saturated rings. The lowest BCUT2D eigenvalue weighted by molar-refractivity contribution is 0.171. The van der Waals surface area contributed by atoms with Crippen LogP contribution < -0.4 is 15.2 Å². The highest BCUT2D eigenvalue weighted by Crippen LogP contribution is 2.40. The number of sulfonamides is 1. The number of rotatable bonds is 3. The molecule has 2 aliphatic rings. The molecule has 0 amide bonds. The van der Waals surface area contributed by atoms with E-state index in [0.29, 0.717) is 48.8 Å². The first-order valence-electron chi connectivity index (χ1n) is 7.15. The fourth-order valence-corrected chi connectivity index (χ4v) is 5.32. The molecule has 1 aromatic rings. The van der Waals surface area contributed by atoms with Gasteiger partial charge >= 0.3 is 0 Å². The van der Waals surface area contributed by atoms with Crippen LogP contribution in [0.4, 0.5) is 0 Å². The average molecular weight is 391 g/mol. The Balaban J connectivity index is 1.96. The maximum Gasteiger partial charge on any atom is 0.244 e. The summed E-state index contributed by atoms with van der Waals surface area (Å²) in [6.45, 7) is 4.29. The van der Waals surface area contributed by atoms with Crippen LogP contribution in [0.3, 0.4) is 0 Å². The second-order valence-corrected chi connectivity index (χ2v) is 8.79. The van der Waals surface area contributed by atoms with Gasteiger partial charge < -0.3 is 15.2 Å². The summed E-state index contributed by atoms with van der Waals surface area (Å²) in [7, 11) is -3.59. The molecule has 22 heavy (non-hydrogen) atoms. The van der Waals surface area contributed by atoms with Crippen molar-refractivity contribution in [1.29, 1.82) is 0 Å². The fourth-order valence-electron chi connectivity index (χ4n) is 2.73. The van der Waals surface area contributed by atoms with E-state index in [-0.39, 0.29) is 10.3 Å². The van der Waals surface area contributed by atoms with Crippen molar-refractivity contribution >= 4 is 26.0 Å². The third-order valence-electron chi connectivity index (χ3n) is 4.23. The van der Waals surface area contributed by atoms with Crippen molar-refractivity contribution in [1.82, 2.24) is 4.31 Å². The van der Waals surface area contributed by atoms with Crippen molar-refractivity contribution in [3.05, 3.63) is 16.6 Å². The first-order chi connectivity index (χ1) is 10.4. The zero-order valence-corrected chi connectivity index (χ0v) is 14.7. The molecule has 0 saturated carbocycles. The van der Waals surface area contributed by atoms with Gasteiger partial charge in [0, 0.05) is 23.6 Å². The normalized spacial score (nSPS) is 25.4. The van der Waals surface area contributed by atoms with E-state index >= 15 is 0 Å². The van der Waals surface area contributed by atoms with Crippen LogP contribution in [0.25, 0.3) is 0 Å².